The maximum atomic E-state index is 12.6. The largest absolute Gasteiger partial charge is 0.494 e. The van der Waals surface area contributed by atoms with Gasteiger partial charge in [-0.25, -0.2) is 15.2 Å². The summed E-state index contributed by atoms with van der Waals surface area (Å²) >= 11 is 1.72. The Morgan fingerprint density at radius 3 is 2.72 bits per heavy atom. The SMILES string of the molecule is CCOc1ccc(C2=CSCN2NCOCn2cnc3c2c(=O)n(C)c(=O)n3C)c(N2CCCC2)c1. The van der Waals surface area contributed by atoms with Crippen LogP contribution in [0.3, 0.4) is 0 Å². The summed E-state index contributed by atoms with van der Waals surface area (Å²) in [6, 6.07) is 6.29. The van der Waals surface area contributed by atoms with Crippen molar-refractivity contribution in [2.75, 3.05) is 37.2 Å². The van der Waals surface area contributed by atoms with Crippen LogP contribution in [0.1, 0.15) is 25.3 Å². The quantitative estimate of drug-likeness (QED) is 0.340. The van der Waals surface area contributed by atoms with Gasteiger partial charge in [-0.1, -0.05) is 0 Å². The minimum absolute atomic E-state index is 0.124. The van der Waals surface area contributed by atoms with Gasteiger partial charge in [-0.3, -0.25) is 18.9 Å². The van der Waals surface area contributed by atoms with E-state index in [2.05, 4.69) is 37.9 Å². The lowest BCUT2D eigenvalue weighted by molar-refractivity contribution is 0.0378. The minimum atomic E-state index is -0.409. The Hall–Kier alpha value is -3.22. The van der Waals surface area contributed by atoms with Crippen LogP contribution in [0.25, 0.3) is 16.9 Å². The Kier molecular flexibility index (Phi) is 7.08. The summed E-state index contributed by atoms with van der Waals surface area (Å²) in [6.45, 7) is 5.08. The predicted octanol–water partition coefficient (Wildman–Crippen LogP) is 1.87. The van der Waals surface area contributed by atoms with E-state index in [9.17, 15) is 9.59 Å². The Balaban J connectivity index is 1.28. The average molecular weight is 514 g/mol. The minimum Gasteiger partial charge on any atom is -0.494 e. The van der Waals surface area contributed by atoms with Gasteiger partial charge in [-0.05, 0) is 37.3 Å². The molecule has 0 unspecified atom stereocenters. The molecule has 0 saturated carbocycles. The third kappa shape index (κ3) is 4.51. The summed E-state index contributed by atoms with van der Waals surface area (Å²) in [7, 11) is 3.06. The molecular weight excluding hydrogens is 482 g/mol. The number of fused-ring (bicyclic) bond motifs is 1. The molecule has 1 fully saturated rings. The van der Waals surface area contributed by atoms with Crippen LogP contribution in [0.4, 0.5) is 5.69 Å². The molecule has 11 nitrogen and oxygen atoms in total. The lowest BCUT2D eigenvalue weighted by Gasteiger charge is -2.27. The lowest BCUT2D eigenvalue weighted by Crippen LogP contribution is -2.38. The second-order valence-corrected chi connectivity index (χ2v) is 9.59. The lowest BCUT2D eigenvalue weighted by atomic mass is 10.1. The Labute approximate surface area is 212 Å². The summed E-state index contributed by atoms with van der Waals surface area (Å²) in [4.78, 5) is 31.4. The van der Waals surface area contributed by atoms with Gasteiger partial charge in [0.2, 0.25) is 0 Å². The van der Waals surface area contributed by atoms with Crippen molar-refractivity contribution >= 4 is 34.3 Å². The number of ether oxygens (including phenoxy) is 2. The van der Waals surface area contributed by atoms with Gasteiger partial charge in [0.15, 0.2) is 11.2 Å². The van der Waals surface area contributed by atoms with Crippen molar-refractivity contribution in [3.8, 4) is 5.75 Å². The molecule has 5 rings (SSSR count). The number of anilines is 1. The van der Waals surface area contributed by atoms with Crippen molar-refractivity contribution in [3.63, 3.8) is 0 Å². The first-order valence-corrected chi connectivity index (χ1v) is 13.1. The van der Waals surface area contributed by atoms with Gasteiger partial charge in [0.25, 0.3) is 5.56 Å². The van der Waals surface area contributed by atoms with E-state index in [1.54, 1.807) is 23.4 Å². The van der Waals surface area contributed by atoms with E-state index in [4.69, 9.17) is 9.47 Å². The van der Waals surface area contributed by atoms with E-state index < -0.39 is 11.2 Å². The van der Waals surface area contributed by atoms with Crippen molar-refractivity contribution < 1.29 is 9.47 Å². The van der Waals surface area contributed by atoms with E-state index in [1.165, 1.54) is 36.5 Å². The number of hydrogen-bond acceptors (Lipinski definition) is 9. The van der Waals surface area contributed by atoms with E-state index in [-0.39, 0.29) is 13.5 Å². The number of hydrogen-bond donors (Lipinski definition) is 1. The molecule has 12 heteroatoms. The Morgan fingerprint density at radius 2 is 1.94 bits per heavy atom. The monoisotopic (exact) mass is 513 g/mol. The second-order valence-electron chi connectivity index (χ2n) is 8.76. The molecule has 0 bridgehead atoms. The van der Waals surface area contributed by atoms with Crippen LogP contribution in [-0.2, 0) is 25.6 Å². The summed E-state index contributed by atoms with van der Waals surface area (Å²) in [5.74, 6) is 1.63. The number of imidazole rings is 1. The highest BCUT2D eigenvalue weighted by atomic mass is 32.2. The fourth-order valence-corrected chi connectivity index (χ4v) is 5.50. The highest BCUT2D eigenvalue weighted by molar-refractivity contribution is 8.02. The van der Waals surface area contributed by atoms with Gasteiger partial charge in [0.1, 0.15) is 19.2 Å². The van der Waals surface area contributed by atoms with Crippen LogP contribution >= 0.6 is 11.8 Å². The zero-order chi connectivity index (χ0) is 25.2. The van der Waals surface area contributed by atoms with Crippen molar-refractivity contribution in [1.29, 1.82) is 0 Å². The van der Waals surface area contributed by atoms with Gasteiger partial charge >= 0.3 is 5.69 Å². The first kappa shape index (κ1) is 24.5. The fourth-order valence-electron chi connectivity index (χ4n) is 4.63. The second kappa shape index (κ2) is 10.4. The molecule has 2 aromatic heterocycles. The maximum Gasteiger partial charge on any atom is 0.332 e. The zero-order valence-electron chi connectivity index (χ0n) is 20.8. The molecule has 2 aliphatic rings. The third-order valence-electron chi connectivity index (χ3n) is 6.50. The number of aryl methyl sites for hydroxylation is 1. The first-order chi connectivity index (χ1) is 17.5. The zero-order valence-corrected chi connectivity index (χ0v) is 21.6. The van der Waals surface area contributed by atoms with Crippen LogP contribution in [0, 0.1) is 0 Å². The summed E-state index contributed by atoms with van der Waals surface area (Å²) < 4.78 is 15.7. The molecule has 36 heavy (non-hydrogen) atoms. The van der Waals surface area contributed by atoms with Gasteiger partial charge in [0, 0.05) is 44.5 Å². The summed E-state index contributed by atoms with van der Waals surface area (Å²) in [5, 5.41) is 4.24. The number of rotatable bonds is 9. The maximum absolute atomic E-state index is 12.6. The molecule has 0 atom stereocenters. The topological polar surface area (TPSA) is 98.8 Å². The molecule has 0 aliphatic carbocycles. The molecule has 0 amide bonds. The normalized spacial score (nSPS) is 15.8. The highest BCUT2D eigenvalue weighted by Crippen LogP contribution is 2.38. The molecule has 4 heterocycles. The molecular formula is C24H31N7O4S. The smallest absolute Gasteiger partial charge is 0.332 e. The van der Waals surface area contributed by atoms with E-state index in [1.807, 2.05) is 13.0 Å². The Bertz CT molecular complexity index is 1400. The number of hydrazine groups is 1. The van der Waals surface area contributed by atoms with E-state index >= 15 is 0 Å². The molecule has 2 aliphatic heterocycles. The molecule has 1 aromatic carbocycles. The van der Waals surface area contributed by atoms with Gasteiger partial charge in [-0.2, -0.15) is 0 Å². The van der Waals surface area contributed by atoms with Crippen molar-refractivity contribution in [1.82, 2.24) is 29.1 Å². The summed E-state index contributed by atoms with van der Waals surface area (Å²) in [5.41, 5.74) is 6.64. The number of nitrogens with zero attached hydrogens (tertiary/aromatic N) is 6. The van der Waals surface area contributed by atoms with E-state index in [0.29, 0.717) is 17.8 Å². The molecule has 192 valence electrons. The van der Waals surface area contributed by atoms with Crippen LogP contribution in [0.2, 0.25) is 0 Å². The van der Waals surface area contributed by atoms with E-state index in [0.717, 1.165) is 40.5 Å². The van der Waals surface area contributed by atoms with Gasteiger partial charge < -0.3 is 18.9 Å². The van der Waals surface area contributed by atoms with Gasteiger partial charge in [0.05, 0.1) is 24.5 Å². The first-order valence-electron chi connectivity index (χ1n) is 12.0. The van der Waals surface area contributed by atoms with Crippen molar-refractivity contribution in [2.45, 2.75) is 26.5 Å². The molecule has 1 saturated heterocycles. The molecule has 3 aromatic rings. The van der Waals surface area contributed by atoms with Crippen LogP contribution in [0.5, 0.6) is 5.75 Å². The van der Waals surface area contributed by atoms with Crippen LogP contribution in [-0.4, -0.2) is 56.0 Å². The highest BCUT2D eigenvalue weighted by Gasteiger charge is 2.24. The van der Waals surface area contributed by atoms with Crippen LogP contribution in [0.15, 0.2) is 39.5 Å². The number of nitrogens with one attached hydrogen (secondary N) is 1. The fraction of sp³-hybridized carbons (Fsp3) is 0.458. The molecule has 1 N–H and O–H groups in total. The molecule has 0 spiro atoms. The average Bonchev–Trinajstić information content (AvgIpc) is 3.65. The number of benzene rings is 1. The Morgan fingerprint density at radius 1 is 1.14 bits per heavy atom. The predicted molar refractivity (Wildman–Crippen MR) is 141 cm³/mol. The standard InChI is InChI=1S/C24H31N7O4S/c1-4-35-17-7-8-18(19(11-17)29-9-5-6-10-29)20-12-36-16-31(20)26-14-34-15-30-13-25-22-21(30)23(32)28(3)24(33)27(22)2/h7-8,11-13,26H,4-6,9-10,14-16H2,1-3H3. The van der Waals surface area contributed by atoms with Crippen molar-refractivity contribution in [2.24, 2.45) is 14.1 Å². The van der Waals surface area contributed by atoms with Gasteiger partial charge in [-0.15, -0.1) is 11.8 Å². The summed E-state index contributed by atoms with van der Waals surface area (Å²) in [6.07, 6.45) is 3.91. The number of aromatic nitrogens is 4. The van der Waals surface area contributed by atoms with Crippen molar-refractivity contribution in [3.05, 3.63) is 56.3 Å². The number of thioether (sulfide) groups is 1. The third-order valence-corrected chi connectivity index (χ3v) is 7.29. The van der Waals surface area contributed by atoms with Crippen LogP contribution < -0.4 is 26.3 Å². The molecule has 0 radical (unpaired) electrons.